The Kier molecular flexibility index (Phi) is 4.75. The molecule has 0 aliphatic heterocycles. The highest BCUT2D eigenvalue weighted by Crippen LogP contribution is 2.35. The van der Waals surface area contributed by atoms with Gasteiger partial charge in [-0.25, -0.2) is 4.98 Å². The molecular weight excluding hydrogens is 246 g/mol. The summed E-state index contributed by atoms with van der Waals surface area (Å²) in [5.74, 6) is 0.259. The minimum atomic E-state index is -0.191. The standard InChI is InChI=1S/C14H21NO2S/c1-3-11(14(16)17-2)12-9-18-13(15-12)10-7-5-4-6-8-10/h9-11H,3-8H2,1-2H3. The lowest BCUT2D eigenvalue weighted by Crippen LogP contribution is -2.14. The fourth-order valence-corrected chi connectivity index (χ4v) is 3.68. The van der Waals surface area contributed by atoms with Crippen molar-refractivity contribution in [1.29, 1.82) is 0 Å². The van der Waals surface area contributed by atoms with Crippen LogP contribution in [0.4, 0.5) is 0 Å². The number of aromatic nitrogens is 1. The Balaban J connectivity index is 2.10. The van der Waals surface area contributed by atoms with E-state index in [0.29, 0.717) is 5.92 Å². The van der Waals surface area contributed by atoms with Gasteiger partial charge in [0, 0.05) is 11.3 Å². The van der Waals surface area contributed by atoms with Crippen molar-refractivity contribution >= 4 is 17.3 Å². The summed E-state index contributed by atoms with van der Waals surface area (Å²) in [6, 6.07) is 0. The first kappa shape index (κ1) is 13.5. The molecule has 1 aromatic rings. The number of hydrogen-bond donors (Lipinski definition) is 0. The molecule has 1 aromatic heterocycles. The van der Waals surface area contributed by atoms with Crippen LogP contribution in [-0.4, -0.2) is 18.1 Å². The Morgan fingerprint density at radius 2 is 2.22 bits per heavy atom. The second-order valence-electron chi connectivity index (χ2n) is 4.93. The van der Waals surface area contributed by atoms with E-state index in [1.54, 1.807) is 11.3 Å². The average molecular weight is 267 g/mol. The van der Waals surface area contributed by atoms with Crippen LogP contribution < -0.4 is 0 Å². The summed E-state index contributed by atoms with van der Waals surface area (Å²) in [7, 11) is 1.44. The smallest absolute Gasteiger partial charge is 0.314 e. The van der Waals surface area contributed by atoms with Crippen molar-refractivity contribution in [1.82, 2.24) is 4.98 Å². The third-order valence-electron chi connectivity index (χ3n) is 3.75. The molecule has 1 saturated carbocycles. The van der Waals surface area contributed by atoms with Gasteiger partial charge in [0.2, 0.25) is 0 Å². The van der Waals surface area contributed by atoms with Gasteiger partial charge in [-0.1, -0.05) is 26.2 Å². The van der Waals surface area contributed by atoms with Gasteiger partial charge in [0.25, 0.3) is 0 Å². The molecule has 2 rings (SSSR count). The quantitative estimate of drug-likeness (QED) is 0.778. The van der Waals surface area contributed by atoms with Crippen LogP contribution in [0.1, 0.15) is 68.0 Å². The molecule has 1 atom stereocenters. The first-order valence-corrected chi connectivity index (χ1v) is 7.67. The number of rotatable bonds is 4. The summed E-state index contributed by atoms with van der Waals surface area (Å²) < 4.78 is 4.84. The van der Waals surface area contributed by atoms with Gasteiger partial charge in [-0.3, -0.25) is 4.79 Å². The van der Waals surface area contributed by atoms with E-state index < -0.39 is 0 Å². The summed E-state index contributed by atoms with van der Waals surface area (Å²) >= 11 is 1.71. The Morgan fingerprint density at radius 1 is 1.50 bits per heavy atom. The summed E-state index contributed by atoms with van der Waals surface area (Å²) in [6.07, 6.45) is 7.24. The number of thiazole rings is 1. The second-order valence-corrected chi connectivity index (χ2v) is 5.82. The normalized spacial score (nSPS) is 18.6. The first-order chi connectivity index (χ1) is 8.76. The summed E-state index contributed by atoms with van der Waals surface area (Å²) in [6.45, 7) is 2.00. The molecule has 1 fully saturated rings. The van der Waals surface area contributed by atoms with Gasteiger partial charge in [-0.15, -0.1) is 11.3 Å². The van der Waals surface area contributed by atoms with E-state index in [9.17, 15) is 4.79 Å². The largest absolute Gasteiger partial charge is 0.469 e. The molecule has 0 radical (unpaired) electrons. The van der Waals surface area contributed by atoms with E-state index in [4.69, 9.17) is 9.72 Å². The predicted molar refractivity (Wildman–Crippen MR) is 73.0 cm³/mol. The van der Waals surface area contributed by atoms with Crippen LogP contribution in [0.25, 0.3) is 0 Å². The van der Waals surface area contributed by atoms with Crippen molar-refractivity contribution in [2.24, 2.45) is 0 Å². The maximum absolute atomic E-state index is 11.7. The Labute approximate surface area is 113 Å². The molecule has 3 nitrogen and oxygen atoms in total. The monoisotopic (exact) mass is 267 g/mol. The minimum absolute atomic E-state index is 0.169. The van der Waals surface area contributed by atoms with Crippen molar-refractivity contribution < 1.29 is 9.53 Å². The maximum atomic E-state index is 11.7. The van der Waals surface area contributed by atoms with Gasteiger partial charge in [-0.05, 0) is 19.3 Å². The van der Waals surface area contributed by atoms with Gasteiger partial charge in [0.1, 0.15) is 0 Å². The van der Waals surface area contributed by atoms with Crippen LogP contribution in [0, 0.1) is 0 Å². The molecule has 0 amide bonds. The predicted octanol–water partition coefficient (Wildman–Crippen LogP) is 3.86. The molecule has 0 spiro atoms. The zero-order valence-corrected chi connectivity index (χ0v) is 12.0. The van der Waals surface area contributed by atoms with Gasteiger partial charge in [0.05, 0.1) is 23.7 Å². The van der Waals surface area contributed by atoms with Gasteiger partial charge < -0.3 is 4.74 Å². The number of methoxy groups -OCH3 is 1. The molecule has 1 unspecified atom stereocenters. The summed E-state index contributed by atoms with van der Waals surface area (Å²) in [5.41, 5.74) is 0.898. The number of esters is 1. The zero-order chi connectivity index (χ0) is 13.0. The molecule has 1 heterocycles. The van der Waals surface area contributed by atoms with E-state index in [1.165, 1.54) is 44.2 Å². The van der Waals surface area contributed by atoms with E-state index in [2.05, 4.69) is 0 Å². The molecule has 4 heteroatoms. The Morgan fingerprint density at radius 3 is 2.83 bits per heavy atom. The van der Waals surface area contributed by atoms with E-state index in [1.807, 2.05) is 12.3 Å². The second kappa shape index (κ2) is 6.32. The summed E-state index contributed by atoms with van der Waals surface area (Å²) in [4.78, 5) is 16.4. The van der Waals surface area contributed by atoms with E-state index in [-0.39, 0.29) is 11.9 Å². The van der Waals surface area contributed by atoms with Crippen LogP contribution in [0.3, 0.4) is 0 Å². The maximum Gasteiger partial charge on any atom is 0.314 e. The zero-order valence-electron chi connectivity index (χ0n) is 11.1. The highest BCUT2D eigenvalue weighted by Gasteiger charge is 2.24. The average Bonchev–Trinajstić information content (AvgIpc) is 2.90. The highest BCUT2D eigenvalue weighted by atomic mass is 32.1. The van der Waals surface area contributed by atoms with Crippen molar-refractivity contribution in [3.8, 4) is 0 Å². The van der Waals surface area contributed by atoms with Crippen molar-refractivity contribution in [3.05, 3.63) is 16.1 Å². The Hall–Kier alpha value is -0.900. The number of ether oxygens (including phenoxy) is 1. The molecule has 1 aliphatic rings. The van der Waals surface area contributed by atoms with Gasteiger partial charge in [-0.2, -0.15) is 0 Å². The van der Waals surface area contributed by atoms with Crippen molar-refractivity contribution in [2.45, 2.75) is 57.3 Å². The molecule has 0 N–H and O–H groups in total. The first-order valence-electron chi connectivity index (χ1n) is 6.79. The summed E-state index contributed by atoms with van der Waals surface area (Å²) in [5, 5.41) is 3.25. The van der Waals surface area contributed by atoms with Crippen molar-refractivity contribution in [3.63, 3.8) is 0 Å². The van der Waals surface area contributed by atoms with Gasteiger partial charge >= 0.3 is 5.97 Å². The lowest BCUT2D eigenvalue weighted by molar-refractivity contribution is -0.142. The van der Waals surface area contributed by atoms with Crippen LogP contribution in [-0.2, 0) is 9.53 Å². The lowest BCUT2D eigenvalue weighted by atomic mass is 9.90. The molecule has 1 aliphatic carbocycles. The number of carbonyl (C=O) groups excluding carboxylic acids is 1. The van der Waals surface area contributed by atoms with E-state index in [0.717, 1.165) is 12.1 Å². The fraction of sp³-hybridized carbons (Fsp3) is 0.714. The number of carbonyl (C=O) groups is 1. The molecular formula is C14H21NO2S. The lowest BCUT2D eigenvalue weighted by Gasteiger charge is -2.19. The number of nitrogens with zero attached hydrogens (tertiary/aromatic N) is 1. The highest BCUT2D eigenvalue weighted by molar-refractivity contribution is 7.09. The molecule has 0 saturated heterocycles. The topological polar surface area (TPSA) is 39.2 Å². The third kappa shape index (κ3) is 2.91. The minimum Gasteiger partial charge on any atom is -0.469 e. The molecule has 0 bridgehead atoms. The molecule has 18 heavy (non-hydrogen) atoms. The molecule has 0 aromatic carbocycles. The Bertz CT molecular complexity index is 396. The van der Waals surface area contributed by atoms with Crippen LogP contribution in [0.2, 0.25) is 0 Å². The van der Waals surface area contributed by atoms with E-state index >= 15 is 0 Å². The van der Waals surface area contributed by atoms with Crippen molar-refractivity contribution in [2.75, 3.05) is 7.11 Å². The van der Waals surface area contributed by atoms with Crippen LogP contribution in [0.15, 0.2) is 5.38 Å². The molecule has 100 valence electrons. The van der Waals surface area contributed by atoms with Crippen LogP contribution >= 0.6 is 11.3 Å². The third-order valence-corrected chi connectivity index (χ3v) is 4.77. The SMILES string of the molecule is CCC(C(=O)OC)c1csc(C2CCCCC2)n1. The fourth-order valence-electron chi connectivity index (χ4n) is 2.64. The number of hydrogen-bond acceptors (Lipinski definition) is 4. The van der Waals surface area contributed by atoms with Crippen LogP contribution in [0.5, 0.6) is 0 Å². The van der Waals surface area contributed by atoms with Gasteiger partial charge in [0.15, 0.2) is 0 Å².